The Morgan fingerprint density at radius 3 is 2.48 bits per heavy atom. The molecule has 3 nitrogen and oxygen atoms in total. The normalized spacial score (nSPS) is 10.8. The van der Waals surface area contributed by atoms with Crippen molar-refractivity contribution >= 4 is 11.5 Å². The number of hydrogen-bond donors (Lipinski definition) is 1. The predicted octanol–water partition coefficient (Wildman–Crippen LogP) is 4.72. The topological polar surface area (TPSA) is 52.3 Å². The van der Waals surface area contributed by atoms with Gasteiger partial charge in [-0.3, -0.25) is 4.79 Å². The smallest absolute Gasteiger partial charge is 0.195 e. The van der Waals surface area contributed by atoms with Crippen LogP contribution < -0.4 is 10.5 Å². The number of para-hydroxylation sites is 1. The van der Waals surface area contributed by atoms with Gasteiger partial charge in [-0.2, -0.15) is 0 Å². The van der Waals surface area contributed by atoms with Crippen LogP contribution in [0.25, 0.3) is 0 Å². The van der Waals surface area contributed by atoms with Gasteiger partial charge in [0.15, 0.2) is 5.78 Å². The number of ketones is 1. The van der Waals surface area contributed by atoms with Crippen LogP contribution in [0, 0.1) is 6.92 Å². The maximum atomic E-state index is 12.9. The van der Waals surface area contributed by atoms with Crippen LogP contribution in [0.15, 0.2) is 36.4 Å². The molecular weight excluding hydrogens is 286 g/mol. The Morgan fingerprint density at radius 1 is 1.17 bits per heavy atom. The highest BCUT2D eigenvalue weighted by Crippen LogP contribution is 2.31. The molecule has 0 heterocycles. The van der Waals surface area contributed by atoms with Crippen molar-refractivity contribution in [2.24, 2.45) is 0 Å². The van der Waals surface area contributed by atoms with E-state index in [1.54, 1.807) is 12.1 Å². The number of nitrogens with two attached hydrogens (primary N) is 1. The Kier molecular flexibility index (Phi) is 5.43. The summed E-state index contributed by atoms with van der Waals surface area (Å²) in [7, 11) is 0. The molecule has 0 unspecified atom stereocenters. The third-order valence-corrected chi connectivity index (χ3v) is 3.89. The van der Waals surface area contributed by atoms with Crippen molar-refractivity contribution < 1.29 is 9.53 Å². The minimum atomic E-state index is -0.0375. The van der Waals surface area contributed by atoms with Crippen molar-refractivity contribution in [3.05, 3.63) is 58.7 Å². The molecule has 0 radical (unpaired) electrons. The number of carbonyl (C=O) groups excluding carboxylic acids is 1. The molecule has 0 aliphatic rings. The first-order valence-electron chi connectivity index (χ1n) is 8.12. The molecule has 0 fully saturated rings. The van der Waals surface area contributed by atoms with Gasteiger partial charge in [-0.1, -0.05) is 32.9 Å². The third kappa shape index (κ3) is 3.73. The van der Waals surface area contributed by atoms with E-state index in [4.69, 9.17) is 10.5 Å². The lowest BCUT2D eigenvalue weighted by Gasteiger charge is -2.17. The second-order valence-corrected chi connectivity index (χ2v) is 6.12. The number of hydrogen-bond acceptors (Lipinski definition) is 3. The third-order valence-electron chi connectivity index (χ3n) is 3.89. The lowest BCUT2D eigenvalue weighted by molar-refractivity contribution is 0.103. The van der Waals surface area contributed by atoms with Gasteiger partial charge in [0.25, 0.3) is 0 Å². The van der Waals surface area contributed by atoms with Gasteiger partial charge in [0.2, 0.25) is 0 Å². The zero-order valence-corrected chi connectivity index (χ0v) is 14.3. The predicted molar refractivity (Wildman–Crippen MR) is 95.3 cm³/mol. The molecule has 0 amide bonds. The summed E-state index contributed by atoms with van der Waals surface area (Å²) in [5, 5.41) is 0. The Bertz CT molecular complexity index is 705. The van der Waals surface area contributed by atoms with Crippen LogP contribution in [0.1, 0.15) is 60.2 Å². The van der Waals surface area contributed by atoms with E-state index < -0.39 is 0 Å². The molecule has 2 aromatic carbocycles. The molecule has 0 atom stereocenters. The highest BCUT2D eigenvalue weighted by Gasteiger charge is 2.18. The molecule has 0 bridgehead atoms. The molecule has 0 spiro atoms. The van der Waals surface area contributed by atoms with Gasteiger partial charge in [0.05, 0.1) is 6.61 Å². The number of benzene rings is 2. The molecule has 23 heavy (non-hydrogen) atoms. The van der Waals surface area contributed by atoms with Crippen molar-refractivity contribution in [1.29, 1.82) is 0 Å². The highest BCUT2D eigenvalue weighted by atomic mass is 16.5. The summed E-state index contributed by atoms with van der Waals surface area (Å²) in [5.41, 5.74) is 9.67. The van der Waals surface area contributed by atoms with E-state index in [1.165, 1.54) is 0 Å². The summed E-state index contributed by atoms with van der Waals surface area (Å²) < 4.78 is 5.86. The van der Waals surface area contributed by atoms with E-state index in [0.29, 0.717) is 23.4 Å². The van der Waals surface area contributed by atoms with E-state index >= 15 is 0 Å². The van der Waals surface area contributed by atoms with Crippen molar-refractivity contribution in [2.75, 3.05) is 12.3 Å². The summed E-state index contributed by atoms with van der Waals surface area (Å²) in [6.45, 7) is 8.91. The average molecular weight is 311 g/mol. The number of carbonyl (C=O) groups is 1. The van der Waals surface area contributed by atoms with Crippen molar-refractivity contribution in [3.8, 4) is 5.75 Å². The van der Waals surface area contributed by atoms with Gasteiger partial charge in [0.1, 0.15) is 5.75 Å². The van der Waals surface area contributed by atoms with E-state index in [-0.39, 0.29) is 11.7 Å². The molecule has 0 aliphatic carbocycles. The van der Waals surface area contributed by atoms with Crippen LogP contribution in [0.2, 0.25) is 0 Å². The maximum absolute atomic E-state index is 12.9. The van der Waals surface area contributed by atoms with Gasteiger partial charge < -0.3 is 10.5 Å². The Balaban J connectivity index is 2.49. The average Bonchev–Trinajstić information content (AvgIpc) is 2.52. The largest absolute Gasteiger partial charge is 0.493 e. The molecule has 0 saturated carbocycles. The van der Waals surface area contributed by atoms with Crippen LogP contribution in [-0.2, 0) is 0 Å². The summed E-state index contributed by atoms with van der Waals surface area (Å²) in [6, 6.07) is 11.1. The number of nitrogen functional groups attached to an aromatic ring is 1. The fourth-order valence-corrected chi connectivity index (χ4v) is 2.58. The fraction of sp³-hybridized carbons (Fsp3) is 0.350. The Labute approximate surface area is 138 Å². The lowest BCUT2D eigenvalue weighted by Crippen LogP contribution is -2.09. The molecule has 0 aliphatic heterocycles. The SMILES string of the molecule is CCCOc1cc(C)c(C(=O)c2ccccc2N)cc1C(C)C. The zero-order valence-electron chi connectivity index (χ0n) is 14.3. The van der Waals surface area contributed by atoms with Gasteiger partial charge in [-0.05, 0) is 54.7 Å². The van der Waals surface area contributed by atoms with E-state index in [2.05, 4.69) is 20.8 Å². The summed E-state index contributed by atoms with van der Waals surface area (Å²) in [5.74, 6) is 1.11. The van der Waals surface area contributed by atoms with E-state index in [9.17, 15) is 4.79 Å². The quantitative estimate of drug-likeness (QED) is 0.620. The second-order valence-electron chi connectivity index (χ2n) is 6.12. The first-order chi connectivity index (χ1) is 11.0. The molecule has 2 rings (SSSR count). The van der Waals surface area contributed by atoms with Gasteiger partial charge >= 0.3 is 0 Å². The fourth-order valence-electron chi connectivity index (χ4n) is 2.58. The first-order valence-corrected chi connectivity index (χ1v) is 8.12. The lowest BCUT2D eigenvalue weighted by atomic mass is 9.92. The Morgan fingerprint density at radius 2 is 1.87 bits per heavy atom. The first kappa shape index (κ1) is 17.1. The number of ether oxygens (including phenoxy) is 1. The van der Waals surface area contributed by atoms with Gasteiger partial charge in [0, 0.05) is 16.8 Å². The van der Waals surface area contributed by atoms with Crippen LogP contribution in [0.3, 0.4) is 0 Å². The van der Waals surface area contributed by atoms with Crippen LogP contribution in [-0.4, -0.2) is 12.4 Å². The standard InChI is InChI=1S/C20H25NO2/c1-5-10-23-19-11-14(4)17(12-16(19)13(2)3)20(22)15-8-6-7-9-18(15)21/h6-9,11-13H,5,10,21H2,1-4H3. The minimum absolute atomic E-state index is 0.0375. The van der Waals surface area contributed by atoms with Crippen molar-refractivity contribution in [2.45, 2.75) is 40.0 Å². The molecular formula is C20H25NO2. The van der Waals surface area contributed by atoms with Gasteiger partial charge in [-0.15, -0.1) is 0 Å². The van der Waals surface area contributed by atoms with Crippen molar-refractivity contribution in [3.63, 3.8) is 0 Å². The van der Waals surface area contributed by atoms with Crippen LogP contribution in [0.5, 0.6) is 5.75 Å². The number of aryl methyl sites for hydroxylation is 1. The second kappa shape index (κ2) is 7.32. The van der Waals surface area contributed by atoms with E-state index in [1.807, 2.05) is 31.2 Å². The maximum Gasteiger partial charge on any atom is 0.195 e. The monoisotopic (exact) mass is 311 g/mol. The van der Waals surface area contributed by atoms with Crippen molar-refractivity contribution in [1.82, 2.24) is 0 Å². The molecule has 122 valence electrons. The summed E-state index contributed by atoms with van der Waals surface area (Å²) in [4.78, 5) is 12.9. The molecule has 2 aromatic rings. The van der Waals surface area contributed by atoms with Crippen LogP contribution >= 0.6 is 0 Å². The van der Waals surface area contributed by atoms with E-state index in [0.717, 1.165) is 23.3 Å². The molecule has 2 N–H and O–H groups in total. The summed E-state index contributed by atoms with van der Waals surface area (Å²) >= 11 is 0. The molecule has 0 saturated heterocycles. The number of anilines is 1. The van der Waals surface area contributed by atoms with Crippen LogP contribution in [0.4, 0.5) is 5.69 Å². The molecule has 0 aromatic heterocycles. The zero-order chi connectivity index (χ0) is 17.0. The Hall–Kier alpha value is -2.29. The van der Waals surface area contributed by atoms with Gasteiger partial charge in [-0.25, -0.2) is 0 Å². The highest BCUT2D eigenvalue weighted by molar-refractivity contribution is 6.13. The molecule has 3 heteroatoms. The minimum Gasteiger partial charge on any atom is -0.493 e. The summed E-state index contributed by atoms with van der Waals surface area (Å²) in [6.07, 6.45) is 0.956. The number of rotatable bonds is 6.